The molecule has 262 valence electrons. The first kappa shape index (κ1) is 35.3. The van der Waals surface area contributed by atoms with Crippen LogP contribution in [-0.2, 0) is 10.8 Å². The maximum Gasteiger partial charge on any atom is 0.0979 e. The summed E-state index contributed by atoms with van der Waals surface area (Å²) in [6.45, 7) is 22.7. The second-order valence-electron chi connectivity index (χ2n) is 17.1. The van der Waals surface area contributed by atoms with Crippen LogP contribution in [0.5, 0.6) is 0 Å². The number of benzene rings is 6. The fraction of sp³-hybridized carbons (Fsp3) is 0.280. The number of nitrogens with zero attached hydrogens (tertiary/aromatic N) is 2. The van der Waals surface area contributed by atoms with Crippen LogP contribution in [0.15, 0.2) is 131 Å². The molecule has 1 aliphatic rings. The Hall–Kier alpha value is -5.08. The van der Waals surface area contributed by atoms with Gasteiger partial charge in [0.2, 0.25) is 0 Å². The van der Waals surface area contributed by atoms with Crippen molar-refractivity contribution in [3.05, 3.63) is 155 Å². The van der Waals surface area contributed by atoms with E-state index in [0.29, 0.717) is 11.8 Å². The van der Waals surface area contributed by atoms with Crippen molar-refractivity contribution < 1.29 is 0 Å². The fourth-order valence-electron chi connectivity index (χ4n) is 7.51. The molecule has 52 heavy (non-hydrogen) atoms. The molecule has 0 unspecified atom stereocenters. The monoisotopic (exact) mass is 680 g/mol. The van der Waals surface area contributed by atoms with Crippen molar-refractivity contribution in [1.82, 2.24) is 0 Å². The molecule has 0 saturated carbocycles. The Balaban J connectivity index is 1.54. The normalized spacial score (nSPS) is 14.8. The average Bonchev–Trinajstić information content (AvgIpc) is 3.40. The van der Waals surface area contributed by atoms with Crippen LogP contribution in [0.2, 0.25) is 0 Å². The van der Waals surface area contributed by atoms with E-state index >= 15 is 0 Å². The lowest BCUT2D eigenvalue weighted by Crippen LogP contribution is -2.11. The van der Waals surface area contributed by atoms with Crippen molar-refractivity contribution in [2.24, 2.45) is 9.98 Å². The molecule has 2 heteroatoms. The molecule has 0 bridgehead atoms. The van der Waals surface area contributed by atoms with E-state index in [0.717, 1.165) is 56.2 Å². The summed E-state index contributed by atoms with van der Waals surface area (Å²) >= 11 is 0. The topological polar surface area (TPSA) is 24.7 Å². The Bertz CT molecular complexity index is 2230. The zero-order chi connectivity index (χ0) is 36.9. The summed E-state index contributed by atoms with van der Waals surface area (Å²) in [6.07, 6.45) is 0. The van der Waals surface area contributed by atoms with Gasteiger partial charge >= 0.3 is 0 Å². The van der Waals surface area contributed by atoms with Gasteiger partial charge in [-0.3, -0.25) is 0 Å². The van der Waals surface area contributed by atoms with Crippen molar-refractivity contribution in [1.29, 1.82) is 0 Å². The van der Waals surface area contributed by atoms with Crippen LogP contribution in [0.3, 0.4) is 0 Å². The number of hydrogen-bond acceptors (Lipinski definition) is 2. The van der Waals surface area contributed by atoms with Crippen molar-refractivity contribution in [3.63, 3.8) is 0 Å². The van der Waals surface area contributed by atoms with E-state index in [1.54, 1.807) is 0 Å². The highest BCUT2D eigenvalue weighted by atomic mass is 14.8. The summed E-state index contributed by atoms with van der Waals surface area (Å²) in [5, 5.41) is 2.43. The Morgan fingerprint density at radius 3 is 1.17 bits per heavy atom. The molecule has 0 fully saturated rings. The van der Waals surface area contributed by atoms with Gasteiger partial charge in [-0.05, 0) is 61.4 Å². The fourth-order valence-corrected chi connectivity index (χ4v) is 7.51. The number of para-hydroxylation sites is 2. The zero-order valence-corrected chi connectivity index (χ0v) is 32.6. The van der Waals surface area contributed by atoms with Gasteiger partial charge in [-0.1, -0.05) is 191 Å². The first-order valence-corrected chi connectivity index (χ1v) is 18.9. The minimum absolute atomic E-state index is 0.0685. The summed E-state index contributed by atoms with van der Waals surface area (Å²) < 4.78 is 0. The highest BCUT2D eigenvalue weighted by Gasteiger charge is 2.29. The largest absolute Gasteiger partial charge is 0.245 e. The molecule has 0 radical (unpaired) electrons. The number of hydrogen-bond donors (Lipinski definition) is 0. The molecule has 1 aliphatic carbocycles. The molecule has 0 atom stereocenters. The standard InChI is InChI=1S/C50H52N2/c1-31(2)38-17-13-18-39(32(3)4)45(38)51-47-42-21-11-15-35-16-12-22-43(44(35)42)48(47)52-46-40(33-23-27-36(28-24-33)49(5,6)7)19-14-20-41(46)34-25-29-37(30-26-34)50(8,9)10/h11-32H,1-10H3. The Kier molecular flexibility index (Phi) is 9.16. The predicted molar refractivity (Wildman–Crippen MR) is 226 cm³/mol. The highest BCUT2D eigenvalue weighted by molar-refractivity contribution is 6.61. The zero-order valence-electron chi connectivity index (χ0n) is 32.6. The molecular formula is C50H52N2. The third kappa shape index (κ3) is 6.56. The van der Waals surface area contributed by atoms with Crippen molar-refractivity contribution in [2.75, 3.05) is 0 Å². The van der Waals surface area contributed by atoms with E-state index in [2.05, 4.69) is 191 Å². The van der Waals surface area contributed by atoms with E-state index in [-0.39, 0.29) is 10.8 Å². The number of aliphatic imine (C=N–C) groups is 2. The van der Waals surface area contributed by atoms with Crippen molar-refractivity contribution >= 4 is 33.6 Å². The van der Waals surface area contributed by atoms with Crippen LogP contribution in [0.4, 0.5) is 11.4 Å². The minimum atomic E-state index is 0.0685. The lowest BCUT2D eigenvalue weighted by Gasteiger charge is -2.21. The second-order valence-corrected chi connectivity index (χ2v) is 17.1. The minimum Gasteiger partial charge on any atom is -0.245 e. The molecule has 0 heterocycles. The summed E-state index contributed by atoms with van der Waals surface area (Å²) in [4.78, 5) is 11.5. The average molecular weight is 681 g/mol. The van der Waals surface area contributed by atoms with E-state index in [1.165, 1.54) is 33.0 Å². The van der Waals surface area contributed by atoms with Gasteiger partial charge in [-0.15, -0.1) is 0 Å². The lowest BCUT2D eigenvalue weighted by atomic mass is 9.85. The van der Waals surface area contributed by atoms with Gasteiger partial charge in [-0.2, -0.15) is 0 Å². The van der Waals surface area contributed by atoms with Gasteiger partial charge in [0.15, 0.2) is 0 Å². The second kappa shape index (κ2) is 13.5. The molecule has 2 nitrogen and oxygen atoms in total. The van der Waals surface area contributed by atoms with Crippen molar-refractivity contribution in [3.8, 4) is 22.3 Å². The first-order valence-electron chi connectivity index (χ1n) is 18.9. The summed E-state index contributed by atoms with van der Waals surface area (Å²) in [6, 6.07) is 44.6. The Morgan fingerprint density at radius 1 is 0.404 bits per heavy atom. The van der Waals surface area contributed by atoms with E-state index in [4.69, 9.17) is 9.98 Å². The van der Waals surface area contributed by atoms with Gasteiger partial charge < -0.3 is 0 Å². The highest BCUT2D eigenvalue weighted by Crippen LogP contribution is 2.44. The summed E-state index contributed by atoms with van der Waals surface area (Å²) in [5.74, 6) is 0.662. The van der Waals surface area contributed by atoms with Crippen LogP contribution in [0, 0.1) is 0 Å². The molecular weight excluding hydrogens is 629 g/mol. The Morgan fingerprint density at radius 2 is 0.769 bits per heavy atom. The van der Waals surface area contributed by atoms with E-state index in [9.17, 15) is 0 Å². The molecule has 0 spiro atoms. The SMILES string of the molecule is CC(C)c1cccc(C(C)C)c1N=C1C(=Nc2c(-c3ccc(C(C)(C)C)cc3)cccc2-c2ccc(C(C)(C)C)cc2)c2cccc3cccc1c23. The quantitative estimate of drug-likeness (QED) is 0.167. The summed E-state index contributed by atoms with van der Waals surface area (Å²) in [5.41, 5.74) is 16.0. The number of rotatable bonds is 6. The molecule has 0 N–H and O–H groups in total. The van der Waals surface area contributed by atoms with Crippen LogP contribution in [-0.4, -0.2) is 11.4 Å². The summed E-state index contributed by atoms with van der Waals surface area (Å²) in [7, 11) is 0. The third-order valence-electron chi connectivity index (χ3n) is 10.6. The van der Waals surface area contributed by atoms with Gasteiger partial charge in [0.25, 0.3) is 0 Å². The van der Waals surface area contributed by atoms with Crippen LogP contribution in [0.25, 0.3) is 33.0 Å². The molecule has 0 aromatic heterocycles. The predicted octanol–water partition coefficient (Wildman–Crippen LogP) is 14.3. The smallest absolute Gasteiger partial charge is 0.0979 e. The van der Waals surface area contributed by atoms with Gasteiger partial charge in [0, 0.05) is 27.6 Å². The molecule has 7 rings (SSSR count). The van der Waals surface area contributed by atoms with Gasteiger partial charge in [0.05, 0.1) is 22.8 Å². The van der Waals surface area contributed by atoms with E-state index < -0.39 is 0 Å². The van der Waals surface area contributed by atoms with Crippen LogP contribution in [0.1, 0.15) is 114 Å². The van der Waals surface area contributed by atoms with Crippen LogP contribution < -0.4 is 0 Å². The molecule has 6 aromatic rings. The molecule has 0 saturated heterocycles. The first-order chi connectivity index (χ1) is 24.7. The third-order valence-corrected chi connectivity index (χ3v) is 10.6. The maximum atomic E-state index is 5.81. The molecule has 0 amide bonds. The Labute approximate surface area is 311 Å². The van der Waals surface area contributed by atoms with Crippen LogP contribution >= 0.6 is 0 Å². The van der Waals surface area contributed by atoms with Crippen molar-refractivity contribution in [2.45, 2.75) is 91.9 Å². The van der Waals surface area contributed by atoms with Gasteiger partial charge in [-0.25, -0.2) is 9.98 Å². The van der Waals surface area contributed by atoms with Gasteiger partial charge in [0.1, 0.15) is 0 Å². The van der Waals surface area contributed by atoms with E-state index in [1.807, 2.05) is 0 Å². The molecule has 0 aliphatic heterocycles. The lowest BCUT2D eigenvalue weighted by molar-refractivity contribution is 0.590. The molecule has 6 aromatic carbocycles. The maximum absolute atomic E-state index is 5.81.